The van der Waals surface area contributed by atoms with Crippen LogP contribution in [0.25, 0.3) is 0 Å². The van der Waals surface area contributed by atoms with Gasteiger partial charge in [-0.05, 0) is 45.7 Å². The average Bonchev–Trinajstić information content (AvgIpc) is 2.81. The van der Waals surface area contributed by atoms with Crippen molar-refractivity contribution in [2.24, 2.45) is 0 Å². The van der Waals surface area contributed by atoms with E-state index in [9.17, 15) is 13.2 Å². The molecule has 24 heavy (non-hydrogen) atoms. The van der Waals surface area contributed by atoms with Crippen LogP contribution in [0.15, 0.2) is 29.2 Å². The standard InChI is InChI=1S/C17H24N2O4S/c1-13-4-6-15(7-5-13)24(21,22)18-10-8-14(9-11-18)19-16(20)23-12-17(19,2)3/h4-7,14H,8-12H2,1-3H3. The van der Waals surface area contributed by atoms with Gasteiger partial charge in [-0.3, -0.25) is 4.90 Å². The van der Waals surface area contributed by atoms with Gasteiger partial charge in [-0.1, -0.05) is 17.7 Å². The lowest BCUT2D eigenvalue weighted by molar-refractivity contribution is 0.104. The van der Waals surface area contributed by atoms with E-state index in [-0.39, 0.29) is 17.7 Å². The van der Waals surface area contributed by atoms with Crippen molar-refractivity contribution in [3.8, 4) is 0 Å². The highest BCUT2D eigenvalue weighted by molar-refractivity contribution is 7.89. The number of piperidine rings is 1. The molecule has 0 N–H and O–H groups in total. The summed E-state index contributed by atoms with van der Waals surface area (Å²) < 4.78 is 32.2. The molecule has 0 spiro atoms. The van der Waals surface area contributed by atoms with Gasteiger partial charge in [0.15, 0.2) is 0 Å². The summed E-state index contributed by atoms with van der Waals surface area (Å²) in [5.41, 5.74) is 0.696. The lowest BCUT2D eigenvalue weighted by Gasteiger charge is -2.40. The maximum atomic E-state index is 12.7. The van der Waals surface area contributed by atoms with Gasteiger partial charge in [0.2, 0.25) is 10.0 Å². The second kappa shape index (κ2) is 6.04. The van der Waals surface area contributed by atoms with Gasteiger partial charge < -0.3 is 4.74 Å². The molecule has 0 bridgehead atoms. The molecule has 0 radical (unpaired) electrons. The Hall–Kier alpha value is -1.60. The molecule has 2 heterocycles. The van der Waals surface area contributed by atoms with E-state index in [0.717, 1.165) is 5.56 Å². The molecule has 0 aliphatic carbocycles. The first-order valence-electron chi connectivity index (χ1n) is 8.25. The molecule has 0 atom stereocenters. The number of carbonyl (C=O) groups excluding carboxylic acids is 1. The first kappa shape index (κ1) is 17.2. The molecule has 3 rings (SSSR count). The number of sulfonamides is 1. The van der Waals surface area contributed by atoms with E-state index >= 15 is 0 Å². The summed E-state index contributed by atoms with van der Waals surface area (Å²) in [4.78, 5) is 14.1. The largest absolute Gasteiger partial charge is 0.447 e. The Morgan fingerprint density at radius 3 is 2.21 bits per heavy atom. The molecular formula is C17H24N2O4S. The Balaban J connectivity index is 1.71. The number of ether oxygens (including phenoxy) is 1. The monoisotopic (exact) mass is 352 g/mol. The third-order valence-corrected chi connectivity index (χ3v) is 6.76. The normalized spacial score (nSPS) is 22.6. The number of aryl methyl sites for hydroxylation is 1. The molecule has 2 saturated heterocycles. The fourth-order valence-electron chi connectivity index (χ4n) is 3.47. The van der Waals surface area contributed by atoms with Crippen LogP contribution >= 0.6 is 0 Å². The van der Waals surface area contributed by atoms with Gasteiger partial charge in [-0.25, -0.2) is 13.2 Å². The first-order chi connectivity index (χ1) is 11.2. The number of hydrogen-bond donors (Lipinski definition) is 0. The van der Waals surface area contributed by atoms with Crippen molar-refractivity contribution in [1.82, 2.24) is 9.21 Å². The lowest BCUT2D eigenvalue weighted by Crippen LogP contribution is -2.53. The van der Waals surface area contributed by atoms with Crippen molar-refractivity contribution in [1.29, 1.82) is 0 Å². The van der Waals surface area contributed by atoms with Crippen molar-refractivity contribution in [3.05, 3.63) is 29.8 Å². The number of benzene rings is 1. The van der Waals surface area contributed by atoms with E-state index < -0.39 is 10.0 Å². The molecule has 1 aromatic carbocycles. The minimum atomic E-state index is -3.47. The number of nitrogens with zero attached hydrogens (tertiary/aromatic N) is 2. The quantitative estimate of drug-likeness (QED) is 0.838. The van der Waals surface area contributed by atoms with E-state index in [1.807, 2.05) is 32.9 Å². The topological polar surface area (TPSA) is 66.9 Å². The molecule has 2 fully saturated rings. The molecule has 0 unspecified atom stereocenters. The zero-order valence-electron chi connectivity index (χ0n) is 14.4. The summed E-state index contributed by atoms with van der Waals surface area (Å²) >= 11 is 0. The van der Waals surface area contributed by atoms with Crippen LogP contribution in [0.1, 0.15) is 32.3 Å². The predicted molar refractivity (Wildman–Crippen MR) is 90.2 cm³/mol. The van der Waals surface area contributed by atoms with E-state index in [1.165, 1.54) is 4.31 Å². The van der Waals surface area contributed by atoms with Crippen LogP contribution in [0.4, 0.5) is 4.79 Å². The van der Waals surface area contributed by atoms with Crippen molar-refractivity contribution in [3.63, 3.8) is 0 Å². The summed E-state index contributed by atoms with van der Waals surface area (Å²) in [5.74, 6) is 0. The van der Waals surface area contributed by atoms with Crippen LogP contribution in [0.5, 0.6) is 0 Å². The van der Waals surface area contributed by atoms with E-state index in [4.69, 9.17) is 4.74 Å². The summed E-state index contributed by atoms with van der Waals surface area (Å²) in [6.45, 7) is 7.11. The Kier molecular flexibility index (Phi) is 4.34. The molecule has 1 amide bonds. The van der Waals surface area contributed by atoms with Crippen LogP contribution in [0.3, 0.4) is 0 Å². The molecule has 2 aliphatic heterocycles. The highest BCUT2D eigenvalue weighted by Crippen LogP contribution is 2.31. The summed E-state index contributed by atoms with van der Waals surface area (Å²) in [7, 11) is -3.47. The minimum absolute atomic E-state index is 0.0273. The lowest BCUT2D eigenvalue weighted by atomic mass is 9.98. The van der Waals surface area contributed by atoms with Gasteiger partial charge in [0.1, 0.15) is 6.61 Å². The van der Waals surface area contributed by atoms with Crippen LogP contribution in [0.2, 0.25) is 0 Å². The summed E-state index contributed by atoms with van der Waals surface area (Å²) in [5, 5.41) is 0. The van der Waals surface area contributed by atoms with Crippen LogP contribution in [-0.4, -0.2) is 55.0 Å². The number of cyclic esters (lactones) is 1. The van der Waals surface area contributed by atoms with E-state index in [2.05, 4.69) is 0 Å². The van der Waals surface area contributed by atoms with Gasteiger partial charge in [0.05, 0.1) is 10.4 Å². The fourth-order valence-corrected chi connectivity index (χ4v) is 4.94. The molecular weight excluding hydrogens is 328 g/mol. The predicted octanol–water partition coefficient (Wildman–Crippen LogP) is 2.38. The van der Waals surface area contributed by atoms with Crippen molar-refractivity contribution >= 4 is 16.1 Å². The van der Waals surface area contributed by atoms with Gasteiger partial charge in [0, 0.05) is 19.1 Å². The van der Waals surface area contributed by atoms with Gasteiger partial charge >= 0.3 is 6.09 Å². The smallest absolute Gasteiger partial charge is 0.410 e. The van der Waals surface area contributed by atoms with Gasteiger partial charge in [-0.15, -0.1) is 0 Å². The Morgan fingerprint density at radius 2 is 1.71 bits per heavy atom. The maximum Gasteiger partial charge on any atom is 0.410 e. The van der Waals surface area contributed by atoms with Crippen LogP contribution in [0, 0.1) is 6.92 Å². The molecule has 132 valence electrons. The Morgan fingerprint density at radius 1 is 1.12 bits per heavy atom. The molecule has 7 heteroatoms. The molecule has 0 saturated carbocycles. The summed E-state index contributed by atoms with van der Waals surface area (Å²) in [6.07, 6.45) is 0.965. The Bertz CT molecular complexity index is 719. The molecule has 0 aromatic heterocycles. The minimum Gasteiger partial charge on any atom is -0.447 e. The second-order valence-electron chi connectivity index (χ2n) is 7.19. The van der Waals surface area contributed by atoms with Crippen molar-refractivity contribution in [2.45, 2.75) is 50.1 Å². The SMILES string of the molecule is Cc1ccc(S(=O)(=O)N2CCC(N3C(=O)OCC3(C)C)CC2)cc1. The van der Waals surface area contributed by atoms with E-state index in [0.29, 0.717) is 37.4 Å². The number of carbonyl (C=O) groups is 1. The zero-order valence-corrected chi connectivity index (χ0v) is 15.2. The maximum absolute atomic E-state index is 12.7. The zero-order chi connectivity index (χ0) is 17.5. The third-order valence-electron chi connectivity index (χ3n) is 4.85. The molecule has 6 nitrogen and oxygen atoms in total. The van der Waals surface area contributed by atoms with Crippen molar-refractivity contribution < 1.29 is 17.9 Å². The van der Waals surface area contributed by atoms with Gasteiger partial charge in [0.25, 0.3) is 0 Å². The molecule has 1 aromatic rings. The Labute approximate surface area is 143 Å². The molecule has 2 aliphatic rings. The van der Waals surface area contributed by atoms with Crippen LogP contribution < -0.4 is 0 Å². The number of amides is 1. The number of hydrogen-bond acceptors (Lipinski definition) is 4. The average molecular weight is 352 g/mol. The van der Waals surface area contributed by atoms with Crippen LogP contribution in [-0.2, 0) is 14.8 Å². The second-order valence-corrected chi connectivity index (χ2v) is 9.12. The van der Waals surface area contributed by atoms with E-state index in [1.54, 1.807) is 17.0 Å². The van der Waals surface area contributed by atoms with Crippen molar-refractivity contribution in [2.75, 3.05) is 19.7 Å². The fraction of sp³-hybridized carbons (Fsp3) is 0.588. The highest BCUT2D eigenvalue weighted by Gasteiger charge is 2.45. The first-order valence-corrected chi connectivity index (χ1v) is 9.69. The third kappa shape index (κ3) is 3.02. The number of rotatable bonds is 3. The van der Waals surface area contributed by atoms with Gasteiger partial charge in [-0.2, -0.15) is 4.31 Å². The highest BCUT2D eigenvalue weighted by atomic mass is 32.2. The summed E-state index contributed by atoms with van der Waals surface area (Å²) in [6, 6.07) is 6.94.